The predicted octanol–water partition coefficient (Wildman–Crippen LogP) is 5.55. The van der Waals surface area contributed by atoms with Gasteiger partial charge in [-0.2, -0.15) is 13.2 Å². The lowest BCUT2D eigenvalue weighted by Gasteiger charge is -2.31. The number of hydrogen-bond donors (Lipinski definition) is 0. The van der Waals surface area contributed by atoms with E-state index in [2.05, 4.69) is 4.90 Å². The maximum Gasteiger partial charge on any atom is 0.416 e. The number of benzene rings is 2. The van der Waals surface area contributed by atoms with Crippen molar-refractivity contribution in [1.82, 2.24) is 9.80 Å². The van der Waals surface area contributed by atoms with Crippen LogP contribution in [0.5, 0.6) is 0 Å². The Morgan fingerprint density at radius 2 is 1.59 bits per heavy atom. The Morgan fingerprint density at radius 1 is 0.938 bits per heavy atom. The van der Waals surface area contributed by atoms with Crippen LogP contribution in [0.4, 0.5) is 22.0 Å². The van der Waals surface area contributed by atoms with Crippen molar-refractivity contribution in [3.05, 3.63) is 59.4 Å². The first kappa shape index (κ1) is 22.7. The molecule has 2 aliphatic heterocycles. The zero-order chi connectivity index (χ0) is 22.9. The van der Waals surface area contributed by atoms with Crippen LogP contribution in [-0.4, -0.2) is 54.1 Å². The normalized spacial score (nSPS) is 22.0. The molecule has 2 atom stereocenters. The molecule has 2 saturated heterocycles. The quantitative estimate of drug-likeness (QED) is 0.556. The molecule has 0 spiro atoms. The smallest absolute Gasteiger partial charge is 0.334 e. The molecule has 2 fully saturated rings. The van der Waals surface area contributed by atoms with Crippen molar-refractivity contribution in [2.45, 2.75) is 43.9 Å². The predicted molar refractivity (Wildman–Crippen MR) is 111 cm³/mol. The fourth-order valence-corrected chi connectivity index (χ4v) is 4.75. The molecule has 4 rings (SSSR count). The van der Waals surface area contributed by atoms with Gasteiger partial charge >= 0.3 is 6.18 Å². The fourth-order valence-electron chi connectivity index (χ4n) is 4.75. The second-order valence-corrected chi connectivity index (χ2v) is 8.51. The first-order chi connectivity index (χ1) is 15.3. The van der Waals surface area contributed by atoms with E-state index < -0.39 is 30.1 Å². The fraction of sp³-hybridized carbons (Fsp3) is 0.458. The number of amides is 1. The van der Waals surface area contributed by atoms with E-state index >= 15 is 0 Å². The Morgan fingerprint density at radius 3 is 2.25 bits per heavy atom. The zero-order valence-electron chi connectivity index (χ0n) is 17.5. The van der Waals surface area contributed by atoms with Gasteiger partial charge in [0.1, 0.15) is 12.5 Å². The minimum absolute atomic E-state index is 0.0592. The van der Waals surface area contributed by atoms with Crippen molar-refractivity contribution < 1.29 is 26.7 Å². The summed E-state index contributed by atoms with van der Waals surface area (Å²) in [6.07, 6.45) is -1.07. The third kappa shape index (κ3) is 4.65. The number of rotatable bonds is 5. The molecule has 0 radical (unpaired) electrons. The molecular formula is C24H25F5N2O. The minimum atomic E-state index is -4.44. The second-order valence-electron chi connectivity index (χ2n) is 8.51. The minimum Gasteiger partial charge on any atom is -0.334 e. The molecule has 2 aromatic carbocycles. The van der Waals surface area contributed by atoms with E-state index in [-0.39, 0.29) is 17.6 Å². The lowest BCUT2D eigenvalue weighted by molar-refractivity contribution is -0.137. The van der Waals surface area contributed by atoms with E-state index in [1.54, 1.807) is 11.0 Å². The molecule has 2 unspecified atom stereocenters. The molecule has 172 valence electrons. The van der Waals surface area contributed by atoms with Gasteiger partial charge in [-0.05, 0) is 67.6 Å². The molecule has 0 aliphatic carbocycles. The third-order valence-electron chi connectivity index (χ3n) is 6.51. The SMILES string of the molecule is O=C(c1ccc(-c2ccc(C(F)(F)F)cc2)cc1F)N1CCCC1CN1CCCC1CF. The van der Waals surface area contributed by atoms with Crippen LogP contribution < -0.4 is 0 Å². The molecule has 2 heterocycles. The first-order valence-electron chi connectivity index (χ1n) is 10.9. The van der Waals surface area contributed by atoms with Crippen LogP contribution in [-0.2, 0) is 6.18 Å². The summed E-state index contributed by atoms with van der Waals surface area (Å²) >= 11 is 0. The second kappa shape index (κ2) is 9.17. The summed E-state index contributed by atoms with van der Waals surface area (Å²) in [5, 5.41) is 0. The lowest BCUT2D eigenvalue weighted by Crippen LogP contribution is -2.45. The number of alkyl halides is 4. The summed E-state index contributed by atoms with van der Waals surface area (Å²) in [6, 6.07) is 8.40. The van der Waals surface area contributed by atoms with Crippen molar-refractivity contribution in [1.29, 1.82) is 0 Å². The first-order valence-corrected chi connectivity index (χ1v) is 10.9. The van der Waals surface area contributed by atoms with Crippen molar-refractivity contribution in [3.8, 4) is 11.1 Å². The van der Waals surface area contributed by atoms with Gasteiger partial charge in [0.25, 0.3) is 5.91 Å². The third-order valence-corrected chi connectivity index (χ3v) is 6.51. The number of carbonyl (C=O) groups excluding carboxylic acids is 1. The van der Waals surface area contributed by atoms with Gasteiger partial charge in [-0.25, -0.2) is 8.78 Å². The summed E-state index contributed by atoms with van der Waals surface area (Å²) < 4.78 is 66.4. The van der Waals surface area contributed by atoms with Crippen LogP contribution in [0.15, 0.2) is 42.5 Å². The van der Waals surface area contributed by atoms with Crippen LogP contribution in [0.3, 0.4) is 0 Å². The highest BCUT2D eigenvalue weighted by atomic mass is 19.4. The zero-order valence-corrected chi connectivity index (χ0v) is 17.5. The standard InChI is InChI=1S/C24H25F5N2O/c25-14-19-3-1-11-30(19)15-20-4-2-12-31(20)23(32)21-10-7-17(13-22(21)26)16-5-8-18(9-6-16)24(27,28)29/h5-10,13,19-20H,1-4,11-12,14-15H2. The van der Waals surface area contributed by atoms with Gasteiger partial charge < -0.3 is 4.90 Å². The van der Waals surface area contributed by atoms with E-state index in [9.17, 15) is 26.7 Å². The van der Waals surface area contributed by atoms with Crippen molar-refractivity contribution in [2.75, 3.05) is 26.3 Å². The molecule has 0 bridgehead atoms. The Hall–Kier alpha value is -2.48. The average molecular weight is 452 g/mol. The summed E-state index contributed by atoms with van der Waals surface area (Å²) in [6.45, 7) is 1.52. The van der Waals surface area contributed by atoms with Crippen molar-refractivity contribution in [3.63, 3.8) is 0 Å². The van der Waals surface area contributed by atoms with Crippen molar-refractivity contribution >= 4 is 5.91 Å². The number of nitrogens with zero attached hydrogens (tertiary/aromatic N) is 2. The van der Waals surface area contributed by atoms with Gasteiger partial charge in [0.05, 0.1) is 11.1 Å². The van der Waals surface area contributed by atoms with E-state index in [0.717, 1.165) is 44.4 Å². The van der Waals surface area contributed by atoms with Gasteiger partial charge in [0.2, 0.25) is 0 Å². The molecule has 1 amide bonds. The van der Waals surface area contributed by atoms with Crippen LogP contribution in [0.25, 0.3) is 11.1 Å². The van der Waals surface area contributed by atoms with E-state index in [4.69, 9.17) is 0 Å². The van der Waals surface area contributed by atoms with Gasteiger partial charge in [-0.1, -0.05) is 18.2 Å². The van der Waals surface area contributed by atoms with E-state index in [0.29, 0.717) is 24.2 Å². The largest absolute Gasteiger partial charge is 0.416 e. The van der Waals surface area contributed by atoms with E-state index in [1.807, 2.05) is 0 Å². The van der Waals surface area contributed by atoms with Gasteiger partial charge in [-0.15, -0.1) is 0 Å². The molecule has 0 N–H and O–H groups in total. The Balaban J connectivity index is 1.49. The molecule has 2 aliphatic rings. The molecule has 32 heavy (non-hydrogen) atoms. The molecule has 8 heteroatoms. The molecule has 3 nitrogen and oxygen atoms in total. The lowest BCUT2D eigenvalue weighted by atomic mass is 10.0. The van der Waals surface area contributed by atoms with Crippen LogP contribution in [0.2, 0.25) is 0 Å². The highest BCUT2D eigenvalue weighted by Gasteiger charge is 2.35. The monoisotopic (exact) mass is 452 g/mol. The Bertz CT molecular complexity index is 960. The van der Waals surface area contributed by atoms with Gasteiger partial charge in [0, 0.05) is 25.2 Å². The van der Waals surface area contributed by atoms with Crippen LogP contribution >= 0.6 is 0 Å². The Kier molecular flexibility index (Phi) is 6.51. The van der Waals surface area contributed by atoms with Gasteiger partial charge in [-0.3, -0.25) is 9.69 Å². The summed E-state index contributed by atoms with van der Waals surface area (Å²) in [5.74, 6) is -1.11. The summed E-state index contributed by atoms with van der Waals surface area (Å²) in [5.41, 5.74) is -0.00697. The van der Waals surface area contributed by atoms with Crippen molar-refractivity contribution in [2.24, 2.45) is 0 Å². The molecule has 0 saturated carbocycles. The van der Waals surface area contributed by atoms with Crippen LogP contribution in [0, 0.1) is 5.82 Å². The molecular weight excluding hydrogens is 427 g/mol. The molecule has 0 aromatic heterocycles. The number of halogens is 5. The maximum atomic E-state index is 14.9. The summed E-state index contributed by atoms with van der Waals surface area (Å²) in [7, 11) is 0. The number of carbonyl (C=O) groups is 1. The number of hydrogen-bond acceptors (Lipinski definition) is 2. The van der Waals surface area contributed by atoms with E-state index in [1.165, 1.54) is 24.3 Å². The highest BCUT2D eigenvalue weighted by molar-refractivity contribution is 5.95. The number of likely N-dealkylation sites (tertiary alicyclic amines) is 2. The topological polar surface area (TPSA) is 23.6 Å². The highest BCUT2D eigenvalue weighted by Crippen LogP contribution is 2.32. The maximum absolute atomic E-state index is 14.9. The van der Waals surface area contributed by atoms with Crippen LogP contribution in [0.1, 0.15) is 41.6 Å². The average Bonchev–Trinajstić information content (AvgIpc) is 3.42. The molecule has 2 aromatic rings. The van der Waals surface area contributed by atoms with Gasteiger partial charge in [0.15, 0.2) is 0 Å². The Labute approximate surface area is 183 Å². The summed E-state index contributed by atoms with van der Waals surface area (Å²) in [4.78, 5) is 16.8.